The number of hydrogen-bond acceptors (Lipinski definition) is 3. The first-order valence-electron chi connectivity index (χ1n) is 3.82. The lowest BCUT2D eigenvalue weighted by Crippen LogP contribution is -2.22. The minimum absolute atomic E-state index is 0.949. The molecule has 1 aromatic heterocycles. The summed E-state index contributed by atoms with van der Waals surface area (Å²) in [6, 6.07) is 1.89. The van der Waals surface area contributed by atoms with Gasteiger partial charge in [-0.05, 0) is 19.9 Å². The Kier molecular flexibility index (Phi) is 2.83. The van der Waals surface area contributed by atoms with Crippen molar-refractivity contribution in [2.24, 2.45) is 0 Å². The highest BCUT2D eigenvalue weighted by Crippen LogP contribution is 2.05. The molecule has 0 amide bonds. The molecule has 1 radical (unpaired) electrons. The highest BCUT2D eigenvalue weighted by molar-refractivity contribution is 5.35. The van der Waals surface area contributed by atoms with E-state index >= 15 is 0 Å². The van der Waals surface area contributed by atoms with Crippen molar-refractivity contribution in [2.75, 3.05) is 18.0 Å². The van der Waals surface area contributed by atoms with E-state index in [1.165, 1.54) is 0 Å². The minimum Gasteiger partial charge on any atom is -0.357 e. The fourth-order valence-electron chi connectivity index (χ4n) is 0.978. The Hall–Kier alpha value is -1.12. The summed E-state index contributed by atoms with van der Waals surface area (Å²) in [5.41, 5.74) is 0. The van der Waals surface area contributed by atoms with Crippen LogP contribution < -0.4 is 4.90 Å². The van der Waals surface area contributed by atoms with E-state index < -0.39 is 0 Å². The molecule has 0 aliphatic carbocycles. The fraction of sp³-hybridized carbons (Fsp3) is 0.500. The molecule has 0 aliphatic rings. The SMILES string of the molecule is CCN(CC)c1ccn[c]n1. The largest absolute Gasteiger partial charge is 0.357 e. The zero-order valence-corrected chi connectivity index (χ0v) is 6.91. The maximum atomic E-state index is 4.01. The zero-order chi connectivity index (χ0) is 8.10. The first-order valence-corrected chi connectivity index (χ1v) is 3.82. The van der Waals surface area contributed by atoms with Gasteiger partial charge in [-0.1, -0.05) is 0 Å². The predicted octanol–water partition coefficient (Wildman–Crippen LogP) is 1.12. The quantitative estimate of drug-likeness (QED) is 0.646. The van der Waals surface area contributed by atoms with Gasteiger partial charge < -0.3 is 4.90 Å². The second-order valence-electron chi connectivity index (χ2n) is 2.19. The van der Waals surface area contributed by atoms with E-state index in [1.54, 1.807) is 6.20 Å². The van der Waals surface area contributed by atoms with Crippen LogP contribution in [0.5, 0.6) is 0 Å². The Morgan fingerprint density at radius 2 is 2.18 bits per heavy atom. The lowest BCUT2D eigenvalue weighted by molar-refractivity contribution is 0.840. The highest BCUT2D eigenvalue weighted by Gasteiger charge is 1.99. The average molecular weight is 150 g/mol. The van der Waals surface area contributed by atoms with E-state index in [1.807, 2.05) is 6.07 Å². The molecule has 1 aromatic rings. The molecule has 0 spiro atoms. The Balaban J connectivity index is 2.74. The van der Waals surface area contributed by atoms with Crippen molar-refractivity contribution in [3.8, 4) is 0 Å². The van der Waals surface area contributed by atoms with Crippen molar-refractivity contribution in [3.63, 3.8) is 0 Å². The van der Waals surface area contributed by atoms with E-state index in [4.69, 9.17) is 0 Å². The zero-order valence-electron chi connectivity index (χ0n) is 6.91. The van der Waals surface area contributed by atoms with Gasteiger partial charge in [-0.15, -0.1) is 0 Å². The van der Waals surface area contributed by atoms with Gasteiger partial charge in [0.25, 0.3) is 0 Å². The van der Waals surface area contributed by atoms with Crippen LogP contribution in [0, 0.1) is 6.33 Å². The van der Waals surface area contributed by atoms with Crippen LogP contribution in [0.1, 0.15) is 13.8 Å². The molecule has 0 saturated heterocycles. The first kappa shape index (κ1) is 7.98. The molecular formula is C8H12N3. The summed E-state index contributed by atoms with van der Waals surface area (Å²) in [6.45, 7) is 6.15. The van der Waals surface area contributed by atoms with Crippen LogP contribution in [0.4, 0.5) is 5.82 Å². The Bertz CT molecular complexity index is 194. The Labute approximate surface area is 67.1 Å². The summed E-state index contributed by atoms with van der Waals surface area (Å²) < 4.78 is 0. The van der Waals surface area contributed by atoms with Gasteiger partial charge in [0.05, 0.1) is 0 Å². The van der Waals surface area contributed by atoms with Crippen molar-refractivity contribution in [3.05, 3.63) is 18.6 Å². The van der Waals surface area contributed by atoms with Gasteiger partial charge in [-0.25, -0.2) is 9.97 Å². The third-order valence-corrected chi connectivity index (χ3v) is 1.61. The number of hydrogen-bond donors (Lipinski definition) is 0. The van der Waals surface area contributed by atoms with Crippen LogP contribution in [0.25, 0.3) is 0 Å². The van der Waals surface area contributed by atoms with Gasteiger partial charge in [-0.3, -0.25) is 0 Å². The van der Waals surface area contributed by atoms with Crippen molar-refractivity contribution in [2.45, 2.75) is 13.8 Å². The lowest BCUT2D eigenvalue weighted by atomic mass is 10.4. The molecule has 0 unspecified atom stereocenters. The number of anilines is 1. The molecular weight excluding hydrogens is 138 g/mol. The van der Waals surface area contributed by atoms with Crippen LogP contribution in [0.3, 0.4) is 0 Å². The summed E-state index contributed by atoms with van der Waals surface area (Å²) in [5.74, 6) is 0.949. The van der Waals surface area contributed by atoms with Crippen LogP contribution in [0.2, 0.25) is 0 Å². The van der Waals surface area contributed by atoms with Crippen molar-refractivity contribution in [1.29, 1.82) is 0 Å². The molecule has 3 nitrogen and oxygen atoms in total. The third-order valence-electron chi connectivity index (χ3n) is 1.61. The predicted molar refractivity (Wildman–Crippen MR) is 44.4 cm³/mol. The van der Waals surface area contributed by atoms with Crippen molar-refractivity contribution >= 4 is 5.82 Å². The molecule has 0 saturated carbocycles. The van der Waals surface area contributed by atoms with Gasteiger partial charge in [0, 0.05) is 19.3 Å². The smallest absolute Gasteiger partial charge is 0.199 e. The molecule has 1 heterocycles. The molecule has 11 heavy (non-hydrogen) atoms. The molecule has 0 aliphatic heterocycles. The van der Waals surface area contributed by atoms with Gasteiger partial charge >= 0.3 is 0 Å². The maximum absolute atomic E-state index is 4.01. The number of rotatable bonds is 3. The van der Waals surface area contributed by atoms with Crippen LogP contribution >= 0.6 is 0 Å². The van der Waals surface area contributed by atoms with Crippen LogP contribution in [-0.2, 0) is 0 Å². The lowest BCUT2D eigenvalue weighted by Gasteiger charge is -2.18. The summed E-state index contributed by atoms with van der Waals surface area (Å²) in [6.07, 6.45) is 4.28. The average Bonchev–Trinajstić information content (AvgIpc) is 2.09. The molecule has 3 heteroatoms. The summed E-state index contributed by atoms with van der Waals surface area (Å²) in [4.78, 5) is 9.90. The standard InChI is InChI=1S/C8H12N3/c1-3-11(4-2)8-5-6-9-7-10-8/h5-6H,3-4H2,1-2H3. The Morgan fingerprint density at radius 3 is 2.64 bits per heavy atom. The van der Waals surface area contributed by atoms with Gasteiger partial charge in [0.2, 0.25) is 0 Å². The molecule has 0 fully saturated rings. The van der Waals surface area contributed by atoms with Crippen LogP contribution in [0.15, 0.2) is 12.3 Å². The summed E-state index contributed by atoms with van der Waals surface area (Å²) in [7, 11) is 0. The molecule has 1 rings (SSSR count). The van der Waals surface area contributed by atoms with Gasteiger partial charge in [0.1, 0.15) is 5.82 Å². The molecule has 0 N–H and O–H groups in total. The maximum Gasteiger partial charge on any atom is 0.199 e. The van der Waals surface area contributed by atoms with E-state index in [2.05, 4.69) is 35.0 Å². The molecule has 0 bridgehead atoms. The Morgan fingerprint density at radius 1 is 1.45 bits per heavy atom. The van der Waals surface area contributed by atoms with Crippen molar-refractivity contribution < 1.29 is 0 Å². The molecule has 59 valence electrons. The number of aromatic nitrogens is 2. The van der Waals surface area contributed by atoms with E-state index in [0.717, 1.165) is 18.9 Å². The van der Waals surface area contributed by atoms with Gasteiger partial charge in [0.15, 0.2) is 6.33 Å². The third kappa shape index (κ3) is 1.90. The summed E-state index contributed by atoms with van der Waals surface area (Å²) in [5, 5.41) is 0. The normalized spacial score (nSPS) is 9.64. The minimum atomic E-state index is 0.949. The monoisotopic (exact) mass is 150 g/mol. The van der Waals surface area contributed by atoms with Crippen molar-refractivity contribution in [1.82, 2.24) is 9.97 Å². The van der Waals surface area contributed by atoms with E-state index in [-0.39, 0.29) is 0 Å². The molecule has 0 aromatic carbocycles. The van der Waals surface area contributed by atoms with E-state index in [9.17, 15) is 0 Å². The second kappa shape index (κ2) is 3.91. The second-order valence-corrected chi connectivity index (χ2v) is 2.19. The first-order chi connectivity index (χ1) is 5.38. The van der Waals surface area contributed by atoms with Crippen LogP contribution in [-0.4, -0.2) is 23.1 Å². The van der Waals surface area contributed by atoms with Gasteiger partial charge in [-0.2, -0.15) is 0 Å². The van der Waals surface area contributed by atoms with E-state index in [0.29, 0.717) is 0 Å². The topological polar surface area (TPSA) is 29.0 Å². The summed E-state index contributed by atoms with van der Waals surface area (Å²) >= 11 is 0. The fourth-order valence-corrected chi connectivity index (χ4v) is 0.978. The molecule has 0 atom stereocenters. The highest BCUT2D eigenvalue weighted by atomic mass is 15.2. The number of nitrogens with zero attached hydrogens (tertiary/aromatic N) is 3.